The van der Waals surface area contributed by atoms with Gasteiger partial charge in [-0.05, 0) is 38.3 Å². The van der Waals surface area contributed by atoms with Gasteiger partial charge in [-0.2, -0.15) is 0 Å². The van der Waals surface area contributed by atoms with E-state index >= 15 is 0 Å². The monoisotopic (exact) mass is 283 g/mol. The van der Waals surface area contributed by atoms with Crippen LogP contribution in [0.15, 0.2) is 36.2 Å². The van der Waals surface area contributed by atoms with E-state index in [1.165, 1.54) is 0 Å². The molecule has 3 heterocycles. The van der Waals surface area contributed by atoms with Crippen molar-refractivity contribution in [2.24, 2.45) is 10.8 Å². The molecule has 0 saturated carbocycles. The van der Waals surface area contributed by atoms with Crippen LogP contribution in [-0.2, 0) is 4.79 Å². The Morgan fingerprint density at radius 2 is 2.05 bits per heavy atom. The number of fused-ring (bicyclic) bond motifs is 2. The quantitative estimate of drug-likeness (QED) is 0.867. The Morgan fingerprint density at radius 3 is 2.71 bits per heavy atom. The first-order valence-corrected chi connectivity index (χ1v) is 7.20. The Kier molecular flexibility index (Phi) is 2.87. The van der Waals surface area contributed by atoms with Crippen molar-refractivity contribution in [3.05, 3.63) is 41.9 Å². The van der Waals surface area contributed by atoms with E-state index in [4.69, 9.17) is 0 Å². The van der Waals surface area contributed by atoms with Gasteiger partial charge in [0.1, 0.15) is 0 Å². The van der Waals surface area contributed by atoms with E-state index in [-0.39, 0.29) is 0 Å². The van der Waals surface area contributed by atoms with Crippen LogP contribution < -0.4 is 0 Å². The maximum atomic E-state index is 11.8. The van der Waals surface area contributed by atoms with Crippen molar-refractivity contribution >= 4 is 19.1 Å². The molecule has 0 amide bonds. The van der Waals surface area contributed by atoms with Crippen molar-refractivity contribution in [2.75, 3.05) is 6.54 Å². The van der Waals surface area contributed by atoms with Gasteiger partial charge in [-0.3, -0.25) is 4.79 Å². The Hall–Kier alpha value is -1.91. The van der Waals surface area contributed by atoms with Gasteiger partial charge in [0.15, 0.2) is 0 Å². The topological polar surface area (TPSA) is 45.5 Å². The molecule has 1 aromatic rings. The highest BCUT2D eigenvalue weighted by Gasteiger charge is 2.49. The Morgan fingerprint density at radius 1 is 1.33 bits per heavy atom. The van der Waals surface area contributed by atoms with Crippen molar-refractivity contribution in [3.8, 4) is 0 Å². The van der Waals surface area contributed by atoms with Crippen LogP contribution in [0.5, 0.6) is 0 Å². The SMILES string of the molecule is CC(C)(C(=O)O)C(C)(C)C1=C2C=CCN2[B]n2cccc21. The number of nitrogens with zero attached hydrogens (tertiary/aromatic N) is 2. The van der Waals surface area contributed by atoms with Crippen LogP contribution in [0.2, 0.25) is 0 Å². The van der Waals surface area contributed by atoms with E-state index in [1.807, 2.05) is 26.1 Å². The number of rotatable bonds is 3. The molecular weight excluding hydrogens is 263 g/mol. The van der Waals surface area contributed by atoms with Crippen molar-refractivity contribution in [3.63, 3.8) is 0 Å². The van der Waals surface area contributed by atoms with Crippen LogP contribution in [0.4, 0.5) is 0 Å². The first-order chi connectivity index (χ1) is 9.76. The number of carbonyl (C=O) groups is 1. The van der Waals surface area contributed by atoms with Crippen LogP contribution in [-0.4, -0.2) is 34.5 Å². The molecule has 0 bridgehead atoms. The maximum Gasteiger partial charge on any atom is 0.396 e. The predicted molar refractivity (Wildman–Crippen MR) is 83.5 cm³/mol. The number of aliphatic carboxylic acids is 1. The summed E-state index contributed by atoms with van der Waals surface area (Å²) in [4.78, 5) is 14.0. The van der Waals surface area contributed by atoms with Crippen molar-refractivity contribution in [1.82, 2.24) is 9.29 Å². The average molecular weight is 283 g/mol. The summed E-state index contributed by atoms with van der Waals surface area (Å²) < 4.78 is 2.07. The number of hydrogen-bond donors (Lipinski definition) is 1. The molecule has 0 aliphatic carbocycles. The summed E-state index contributed by atoms with van der Waals surface area (Å²) in [5.41, 5.74) is 1.90. The summed E-state index contributed by atoms with van der Waals surface area (Å²) in [6.07, 6.45) is 6.22. The molecule has 0 spiro atoms. The van der Waals surface area contributed by atoms with Crippen molar-refractivity contribution in [2.45, 2.75) is 27.7 Å². The zero-order valence-electron chi connectivity index (χ0n) is 12.9. The summed E-state index contributed by atoms with van der Waals surface area (Å²) in [6, 6.07) is 4.06. The van der Waals surface area contributed by atoms with Gasteiger partial charge in [-0.15, -0.1) is 0 Å². The third-order valence-corrected chi connectivity index (χ3v) is 5.16. The number of allylic oxidation sites excluding steroid dienone is 2. The molecule has 21 heavy (non-hydrogen) atoms. The fourth-order valence-electron chi connectivity index (χ4n) is 3.02. The smallest absolute Gasteiger partial charge is 0.396 e. The van der Waals surface area contributed by atoms with Gasteiger partial charge >= 0.3 is 13.5 Å². The second-order valence-corrected chi connectivity index (χ2v) is 6.79. The maximum absolute atomic E-state index is 11.8. The van der Waals surface area contributed by atoms with Gasteiger partial charge in [-0.1, -0.05) is 19.9 Å². The lowest BCUT2D eigenvalue weighted by atomic mass is 9.61. The summed E-state index contributed by atoms with van der Waals surface area (Å²) in [5, 5.41) is 9.68. The van der Waals surface area contributed by atoms with Crippen LogP contribution in [0.3, 0.4) is 0 Å². The van der Waals surface area contributed by atoms with Gasteiger partial charge in [0, 0.05) is 28.9 Å². The highest BCUT2D eigenvalue weighted by molar-refractivity contribution is 6.33. The number of hydrogen-bond acceptors (Lipinski definition) is 2. The lowest BCUT2D eigenvalue weighted by molar-refractivity contribution is -0.151. The Balaban J connectivity index is 2.23. The first kappa shape index (κ1) is 14.0. The molecule has 0 saturated heterocycles. The average Bonchev–Trinajstić information content (AvgIpc) is 3.02. The van der Waals surface area contributed by atoms with Gasteiger partial charge in [0.05, 0.1) is 5.41 Å². The molecule has 109 valence electrons. The largest absolute Gasteiger partial charge is 0.481 e. The van der Waals surface area contributed by atoms with E-state index < -0.39 is 16.8 Å². The van der Waals surface area contributed by atoms with Crippen molar-refractivity contribution in [1.29, 1.82) is 0 Å². The predicted octanol–water partition coefficient (Wildman–Crippen LogP) is 2.60. The second-order valence-electron chi connectivity index (χ2n) is 6.79. The minimum atomic E-state index is -0.871. The number of aromatic nitrogens is 1. The molecule has 4 nitrogen and oxygen atoms in total. The molecule has 3 rings (SSSR count). The van der Waals surface area contributed by atoms with Crippen LogP contribution in [0.25, 0.3) is 5.57 Å². The molecule has 0 aromatic carbocycles. The van der Waals surface area contributed by atoms with E-state index in [2.05, 4.69) is 35.1 Å². The lowest BCUT2D eigenvalue weighted by Gasteiger charge is -2.44. The first-order valence-electron chi connectivity index (χ1n) is 7.20. The molecular formula is C16H20BN2O2. The Labute approximate surface area is 126 Å². The third kappa shape index (κ3) is 1.80. The lowest BCUT2D eigenvalue weighted by Crippen LogP contribution is -2.44. The van der Waals surface area contributed by atoms with Crippen LogP contribution >= 0.6 is 0 Å². The fourth-order valence-corrected chi connectivity index (χ4v) is 3.02. The van der Waals surface area contributed by atoms with E-state index in [0.717, 1.165) is 23.5 Å². The second kappa shape index (κ2) is 4.29. The van der Waals surface area contributed by atoms with Gasteiger partial charge < -0.3 is 14.4 Å². The van der Waals surface area contributed by atoms with E-state index in [0.29, 0.717) is 0 Å². The number of carboxylic acid groups (broad SMARTS) is 1. The molecule has 1 radical (unpaired) electrons. The van der Waals surface area contributed by atoms with Crippen LogP contribution in [0.1, 0.15) is 33.4 Å². The molecule has 0 unspecified atom stereocenters. The van der Waals surface area contributed by atoms with Crippen molar-refractivity contribution < 1.29 is 9.90 Å². The molecule has 0 atom stereocenters. The minimum Gasteiger partial charge on any atom is -0.481 e. The third-order valence-electron chi connectivity index (χ3n) is 5.16. The molecule has 5 heteroatoms. The van der Waals surface area contributed by atoms with Gasteiger partial charge in [0.2, 0.25) is 0 Å². The molecule has 2 aliphatic rings. The Bertz CT molecular complexity index is 668. The van der Waals surface area contributed by atoms with Crippen LogP contribution in [0, 0.1) is 10.8 Å². The zero-order chi connectivity index (χ0) is 15.4. The molecule has 0 fully saturated rings. The highest BCUT2D eigenvalue weighted by atomic mass is 16.4. The molecule has 2 aliphatic heterocycles. The fraction of sp³-hybridized carbons (Fsp3) is 0.438. The molecule has 1 N–H and O–H groups in total. The summed E-state index contributed by atoms with van der Waals surface area (Å²) in [7, 11) is 2.07. The normalized spacial score (nSPS) is 17.6. The minimum absolute atomic E-state index is 0.508. The number of carboxylic acids is 1. The zero-order valence-corrected chi connectivity index (χ0v) is 12.9. The highest BCUT2D eigenvalue weighted by Crippen LogP contribution is 2.51. The summed E-state index contributed by atoms with van der Waals surface area (Å²) >= 11 is 0. The van der Waals surface area contributed by atoms with Gasteiger partial charge in [-0.25, -0.2) is 0 Å². The molecule has 1 aromatic heterocycles. The van der Waals surface area contributed by atoms with Gasteiger partial charge in [0.25, 0.3) is 0 Å². The van der Waals surface area contributed by atoms with E-state index in [1.54, 1.807) is 13.8 Å². The standard InChI is InChI=1S/C16H20BN2O2/c1-15(2,16(3,4)14(20)21)13-11-7-5-9-18(11)17-19-10-6-8-12(13)19/h5-9H,10H2,1-4H3,(H,20,21). The summed E-state index contributed by atoms with van der Waals surface area (Å²) in [6.45, 7) is 8.49. The summed E-state index contributed by atoms with van der Waals surface area (Å²) in [5.74, 6) is -0.776. The van der Waals surface area contributed by atoms with E-state index in [9.17, 15) is 9.90 Å².